The number of aliphatic hydroxyl groups excluding tert-OH is 1. The van der Waals surface area contributed by atoms with Crippen LogP contribution in [0.1, 0.15) is 19.8 Å². The molecule has 0 bridgehead atoms. The van der Waals surface area contributed by atoms with Crippen molar-refractivity contribution in [2.75, 3.05) is 17.6 Å². The molecule has 1 aromatic carbocycles. The maximum atomic E-state index is 11.3. The standard InChI is InChI=1S/C11H19N3O3S/c1-2-4-8(15)7-14-9-5-3-6-10(11(9)12)18(13,16)17/h3,5-6,8,14-15H,2,4,7,12H2,1H3,(H2,13,16,17). The van der Waals surface area contributed by atoms with Gasteiger partial charge >= 0.3 is 0 Å². The molecule has 0 heterocycles. The number of sulfonamides is 1. The second-order valence-corrected chi connectivity index (χ2v) is 5.62. The molecular formula is C11H19N3O3S. The van der Waals surface area contributed by atoms with E-state index in [1.807, 2.05) is 6.92 Å². The van der Waals surface area contributed by atoms with Crippen molar-refractivity contribution in [2.24, 2.45) is 5.14 Å². The van der Waals surface area contributed by atoms with Gasteiger partial charge in [-0.05, 0) is 18.6 Å². The molecule has 0 aliphatic heterocycles. The minimum Gasteiger partial charge on any atom is -0.396 e. The lowest BCUT2D eigenvalue weighted by molar-refractivity contribution is 0.176. The molecule has 102 valence electrons. The molecule has 0 radical (unpaired) electrons. The number of para-hydroxylation sites is 1. The third kappa shape index (κ3) is 3.86. The van der Waals surface area contributed by atoms with Gasteiger partial charge in [0.25, 0.3) is 0 Å². The van der Waals surface area contributed by atoms with Crippen molar-refractivity contribution in [3.8, 4) is 0 Å². The number of nitrogens with one attached hydrogen (secondary N) is 1. The molecule has 1 unspecified atom stereocenters. The lowest BCUT2D eigenvalue weighted by Crippen LogP contribution is -2.20. The Morgan fingerprint density at radius 2 is 2.11 bits per heavy atom. The van der Waals surface area contributed by atoms with Crippen LogP contribution in [0.2, 0.25) is 0 Å². The summed E-state index contributed by atoms with van der Waals surface area (Å²) in [5.41, 5.74) is 6.25. The summed E-state index contributed by atoms with van der Waals surface area (Å²) in [5, 5.41) is 17.5. The highest BCUT2D eigenvalue weighted by Crippen LogP contribution is 2.25. The summed E-state index contributed by atoms with van der Waals surface area (Å²) in [5.74, 6) is 0. The molecule has 0 aromatic heterocycles. The maximum absolute atomic E-state index is 11.3. The van der Waals surface area contributed by atoms with E-state index in [1.54, 1.807) is 12.1 Å². The van der Waals surface area contributed by atoms with Gasteiger partial charge in [0.2, 0.25) is 10.0 Å². The van der Waals surface area contributed by atoms with Crippen LogP contribution in [0.25, 0.3) is 0 Å². The minimum atomic E-state index is -3.83. The maximum Gasteiger partial charge on any atom is 0.240 e. The topological polar surface area (TPSA) is 118 Å². The molecule has 1 rings (SSSR count). The molecule has 0 saturated heterocycles. The quantitative estimate of drug-likeness (QED) is 0.562. The fourth-order valence-electron chi connectivity index (χ4n) is 1.61. The second kappa shape index (κ2) is 6.03. The Hall–Kier alpha value is -1.31. The molecule has 0 amide bonds. The first-order chi connectivity index (χ1) is 8.36. The molecule has 6 N–H and O–H groups in total. The average molecular weight is 273 g/mol. The Morgan fingerprint density at radius 3 is 2.67 bits per heavy atom. The van der Waals surface area contributed by atoms with E-state index in [4.69, 9.17) is 10.9 Å². The first-order valence-electron chi connectivity index (χ1n) is 5.69. The summed E-state index contributed by atoms with van der Waals surface area (Å²) in [6.07, 6.45) is 1.05. The van der Waals surface area contributed by atoms with Crippen LogP contribution in [0.3, 0.4) is 0 Å². The van der Waals surface area contributed by atoms with Crippen molar-refractivity contribution in [1.29, 1.82) is 0 Å². The van der Waals surface area contributed by atoms with Crippen molar-refractivity contribution in [1.82, 2.24) is 0 Å². The summed E-state index contributed by atoms with van der Waals surface area (Å²) in [7, 11) is -3.83. The van der Waals surface area contributed by atoms with Gasteiger partial charge in [0.05, 0.1) is 17.5 Å². The monoisotopic (exact) mass is 273 g/mol. The average Bonchev–Trinajstić information content (AvgIpc) is 2.26. The highest BCUT2D eigenvalue weighted by atomic mass is 32.2. The lowest BCUT2D eigenvalue weighted by atomic mass is 10.2. The first-order valence-corrected chi connectivity index (χ1v) is 7.24. The third-order valence-electron chi connectivity index (χ3n) is 2.52. The zero-order chi connectivity index (χ0) is 13.8. The molecule has 0 spiro atoms. The van der Waals surface area contributed by atoms with Gasteiger partial charge in [0, 0.05) is 6.54 Å². The van der Waals surface area contributed by atoms with Crippen molar-refractivity contribution in [2.45, 2.75) is 30.8 Å². The van der Waals surface area contributed by atoms with Crippen LogP contribution < -0.4 is 16.2 Å². The third-order valence-corrected chi connectivity index (χ3v) is 3.49. The van der Waals surface area contributed by atoms with Crippen LogP contribution >= 0.6 is 0 Å². The van der Waals surface area contributed by atoms with E-state index in [0.29, 0.717) is 18.7 Å². The van der Waals surface area contributed by atoms with Gasteiger partial charge in [-0.3, -0.25) is 0 Å². The van der Waals surface area contributed by atoms with E-state index in [-0.39, 0.29) is 10.6 Å². The largest absolute Gasteiger partial charge is 0.396 e. The molecule has 0 aliphatic carbocycles. The van der Waals surface area contributed by atoms with E-state index in [9.17, 15) is 13.5 Å². The van der Waals surface area contributed by atoms with Crippen LogP contribution in [0.15, 0.2) is 23.1 Å². The molecule has 0 fully saturated rings. The Balaban J connectivity index is 2.85. The SMILES string of the molecule is CCCC(O)CNc1cccc(S(N)(=O)=O)c1N. The molecule has 1 atom stereocenters. The van der Waals surface area contributed by atoms with Crippen LogP contribution in [0, 0.1) is 0 Å². The Kier molecular flexibility index (Phi) is 4.94. The van der Waals surface area contributed by atoms with Crippen molar-refractivity contribution in [3.05, 3.63) is 18.2 Å². The number of nitrogen functional groups attached to an aromatic ring is 1. The van der Waals surface area contributed by atoms with Crippen LogP contribution in [0.5, 0.6) is 0 Å². The summed E-state index contributed by atoms with van der Waals surface area (Å²) < 4.78 is 22.5. The van der Waals surface area contributed by atoms with Gasteiger partial charge in [0.15, 0.2) is 0 Å². The van der Waals surface area contributed by atoms with Crippen LogP contribution in [-0.4, -0.2) is 26.2 Å². The zero-order valence-corrected chi connectivity index (χ0v) is 11.1. The van der Waals surface area contributed by atoms with Crippen LogP contribution in [-0.2, 0) is 10.0 Å². The number of nitrogens with two attached hydrogens (primary N) is 2. The second-order valence-electron chi connectivity index (χ2n) is 4.09. The summed E-state index contributed by atoms with van der Waals surface area (Å²) in [4.78, 5) is -0.113. The summed E-state index contributed by atoms with van der Waals surface area (Å²) in [6.45, 7) is 2.28. The fourth-order valence-corrected chi connectivity index (χ4v) is 2.29. The van der Waals surface area contributed by atoms with Crippen molar-refractivity contribution < 1.29 is 13.5 Å². The minimum absolute atomic E-state index is 0.0729. The van der Waals surface area contributed by atoms with Gasteiger partial charge in [-0.1, -0.05) is 19.4 Å². The van der Waals surface area contributed by atoms with E-state index < -0.39 is 16.1 Å². The normalized spacial score (nSPS) is 13.3. The lowest BCUT2D eigenvalue weighted by Gasteiger charge is -2.14. The number of benzene rings is 1. The Labute approximate surface area is 107 Å². The Morgan fingerprint density at radius 1 is 1.44 bits per heavy atom. The zero-order valence-electron chi connectivity index (χ0n) is 10.3. The van der Waals surface area contributed by atoms with Gasteiger partial charge < -0.3 is 16.2 Å². The first kappa shape index (κ1) is 14.7. The van der Waals surface area contributed by atoms with Crippen LogP contribution in [0.4, 0.5) is 11.4 Å². The van der Waals surface area contributed by atoms with Gasteiger partial charge in [-0.2, -0.15) is 0 Å². The fraction of sp³-hybridized carbons (Fsp3) is 0.455. The predicted molar refractivity (Wildman–Crippen MR) is 71.6 cm³/mol. The number of hydrogen-bond acceptors (Lipinski definition) is 5. The molecule has 7 heteroatoms. The summed E-state index contributed by atoms with van der Waals surface area (Å²) in [6, 6.07) is 4.53. The number of anilines is 2. The number of rotatable bonds is 6. The molecular weight excluding hydrogens is 254 g/mol. The smallest absolute Gasteiger partial charge is 0.240 e. The molecule has 18 heavy (non-hydrogen) atoms. The predicted octanol–water partition coefficient (Wildman–Crippen LogP) is 0.489. The summed E-state index contributed by atoms with van der Waals surface area (Å²) >= 11 is 0. The molecule has 0 aliphatic rings. The molecule has 1 aromatic rings. The number of aliphatic hydroxyl groups is 1. The number of primary sulfonamides is 1. The molecule has 0 saturated carbocycles. The van der Waals surface area contributed by atoms with Gasteiger partial charge in [0.1, 0.15) is 4.90 Å². The van der Waals surface area contributed by atoms with Gasteiger partial charge in [-0.15, -0.1) is 0 Å². The van der Waals surface area contributed by atoms with E-state index in [1.165, 1.54) is 6.07 Å². The van der Waals surface area contributed by atoms with E-state index in [2.05, 4.69) is 5.32 Å². The van der Waals surface area contributed by atoms with E-state index >= 15 is 0 Å². The van der Waals surface area contributed by atoms with Crippen molar-refractivity contribution in [3.63, 3.8) is 0 Å². The van der Waals surface area contributed by atoms with Crippen molar-refractivity contribution >= 4 is 21.4 Å². The highest BCUT2D eigenvalue weighted by Gasteiger charge is 2.14. The van der Waals surface area contributed by atoms with Gasteiger partial charge in [-0.25, -0.2) is 13.6 Å². The Bertz CT molecular complexity index is 502. The molecule has 6 nitrogen and oxygen atoms in total. The highest BCUT2D eigenvalue weighted by molar-refractivity contribution is 7.89. The van der Waals surface area contributed by atoms with E-state index in [0.717, 1.165) is 6.42 Å². The number of hydrogen-bond donors (Lipinski definition) is 4.